The van der Waals surface area contributed by atoms with Gasteiger partial charge in [0, 0.05) is 5.92 Å². The molecule has 1 radical (unpaired) electrons. The Morgan fingerprint density at radius 3 is 0.542 bits per heavy atom. The van der Waals surface area contributed by atoms with Gasteiger partial charge in [-0.3, -0.25) is 0 Å². The van der Waals surface area contributed by atoms with Crippen LogP contribution in [-0.2, 0) is 0 Å². The SMILES string of the molecule is C[Si](C)(C)C#CC1[CH]C2CC3C4CC5C6C7C4C4C3C3C2C2C1CC1C8CC9C%10C%11C8C8C1C2C3C1C4C2C7C3C4C6C5C5C6C7C%12C%13CC%14CC%15CC%16CC%17CC%18CC%19C%18C%18C%17C%17C%16C%16C%15C(C%14%13)C%13C%12C7C7C%12C%13C%16C%13C%17C%14C%18C%15C%19C%16C%17C%18C9C%10C9C%10C%11C(C81)C2C1C3C2C3C4C5C6C7C3C3C%12C%13C4C%14C(C%15%16)C5C%17C%18C9C6C5C4C3C2C6C%101. The fourth-order valence-corrected chi connectivity index (χ4v) is 79.8. The molecule has 0 nitrogen and oxygen atoms in total. The predicted molar refractivity (Wildman–Crippen MR) is 441 cm³/mol. The van der Waals surface area contributed by atoms with E-state index in [0.717, 1.165) is 35.5 Å². The molecule has 0 aromatic heterocycles. The molecule has 103 unspecified atom stereocenters. The van der Waals surface area contributed by atoms with Gasteiger partial charge in [-0.1, -0.05) is 19.6 Å². The molecule has 52 aliphatic rings. The zero-order valence-corrected chi connectivity index (χ0v) is 72.6. The van der Waals surface area contributed by atoms with Crippen LogP contribution in [0.2, 0.25) is 19.6 Å². The molecule has 52 fully saturated rings. The number of fused-ring (bicyclic) bond motifs is 14. The van der Waals surface area contributed by atoms with Gasteiger partial charge in [0.05, 0.1) is 0 Å². The lowest BCUT2D eigenvalue weighted by molar-refractivity contribution is -0.522. The van der Waals surface area contributed by atoms with Gasteiger partial charge in [0.1, 0.15) is 8.07 Å². The third kappa shape index (κ3) is 4.15. The van der Waals surface area contributed by atoms with Gasteiger partial charge in [0.15, 0.2) is 0 Å². The predicted octanol–water partition coefficient (Wildman–Crippen LogP) is 18.1. The van der Waals surface area contributed by atoms with Crippen LogP contribution in [-0.4, -0.2) is 8.07 Å². The van der Waals surface area contributed by atoms with Crippen molar-refractivity contribution >= 4 is 8.07 Å². The van der Waals surface area contributed by atoms with Crippen LogP contribution in [0, 0.1) is 627 Å². The summed E-state index contributed by atoms with van der Waals surface area (Å²) in [5.41, 5.74) is 4.44. The van der Waals surface area contributed by atoms with Gasteiger partial charge in [0.25, 0.3) is 0 Å². The summed E-state index contributed by atoms with van der Waals surface area (Å²) in [6.07, 6.45) is 21.6. The van der Waals surface area contributed by atoms with Crippen molar-refractivity contribution < 1.29 is 0 Å². The zero-order chi connectivity index (χ0) is 72.2. The number of hydrogen-bond acceptors (Lipinski definition) is 0. The first-order valence-corrected chi connectivity index (χ1v) is 62.3. The van der Waals surface area contributed by atoms with E-state index >= 15 is 0 Å². The summed E-state index contributed by atoms with van der Waals surface area (Å²) in [4.78, 5) is 0. The molecule has 0 heterocycles. The maximum atomic E-state index is 4.68. The average Bonchev–Trinajstić information content (AvgIpc) is 0.647. The Balaban J connectivity index is 0.574. The molecule has 120 heavy (non-hydrogen) atoms. The minimum Gasteiger partial charge on any atom is -0.132 e. The maximum Gasteiger partial charge on any atom is 0.129 e. The van der Waals surface area contributed by atoms with Crippen LogP contribution >= 0.6 is 0 Å². The van der Waals surface area contributed by atoms with Crippen LogP contribution in [0.1, 0.15) is 64.2 Å². The van der Waals surface area contributed by atoms with E-state index in [2.05, 4.69) is 37.5 Å². The van der Waals surface area contributed by atoms with Crippen molar-refractivity contribution in [3.8, 4) is 11.5 Å². The molecule has 0 aromatic rings. The van der Waals surface area contributed by atoms with E-state index in [1.807, 2.05) is 51.4 Å². The molecular formula is C119H133Si. The van der Waals surface area contributed by atoms with Crippen molar-refractivity contribution in [3.05, 3.63) is 6.42 Å². The van der Waals surface area contributed by atoms with Crippen molar-refractivity contribution in [1.82, 2.24) is 0 Å². The first kappa shape index (κ1) is 57.9. The standard InChI is InChI=1S/C119H133Si/c1-120(2,3)5-4-17-6-23-11-25-27-15-31-46-58-42(27)56-40(25)54-35(23)39-24(17)14-26-28-16-32-47-59-43(28)57-41(26)55(39)72(54)88-73(56)89-75(58)91-77-60(46)48(31)66-81-64-44-29-12-21-9-19-7-18-8-20-10-22-13-30-34(22)51-37(20)53-38(18)52-36(19)50(33(21)29)68-62(44)79(64)97-99-85(68)70(52)87-71(53)86-69(51)63-45(30)65-80(63)98-100(86)110-101(87)109(99)116-114-105(93(77)83(66)95(81)107(97)114)112-103(91)111-102(89)90(74(57)88)76(59)92-78-61(47)49(32)67-82(65)96-84(67)94(78)106-113(104(92)111)118(112)119(116)117(110)115(106)108(96)98/h6,17-119H,7-16H2,1-3H3. The van der Waals surface area contributed by atoms with Crippen LogP contribution in [0.25, 0.3) is 0 Å². The monoisotopic (exact) mass is 1590 g/mol. The van der Waals surface area contributed by atoms with Crippen molar-refractivity contribution in [3.63, 3.8) is 0 Å². The lowest BCUT2D eigenvalue weighted by Gasteiger charge is -2.99. The van der Waals surface area contributed by atoms with Crippen molar-refractivity contribution in [2.45, 2.75) is 83.8 Å². The molecule has 103 atom stereocenters. The maximum absolute atomic E-state index is 4.68. The Morgan fingerprint density at radius 2 is 0.300 bits per heavy atom. The van der Waals surface area contributed by atoms with E-state index in [4.69, 9.17) is 0 Å². The molecule has 0 amide bonds. The Bertz CT molecular complexity index is 5450. The largest absolute Gasteiger partial charge is 0.132 e. The second-order valence-electron chi connectivity index (χ2n) is 66.3. The summed E-state index contributed by atoms with van der Waals surface area (Å²) < 4.78 is 0. The summed E-state index contributed by atoms with van der Waals surface area (Å²) in [5.74, 6) is 133. The van der Waals surface area contributed by atoms with Crippen LogP contribution in [0.3, 0.4) is 0 Å². The summed E-state index contributed by atoms with van der Waals surface area (Å²) >= 11 is 0. The molecule has 613 valence electrons. The van der Waals surface area contributed by atoms with E-state index in [1.54, 1.807) is 12.8 Å². The highest BCUT2D eigenvalue weighted by molar-refractivity contribution is 6.83. The lowest BCUT2D eigenvalue weighted by Crippen LogP contribution is -2.95. The molecule has 0 bridgehead atoms. The minimum absolute atomic E-state index is 0.665. The fourth-order valence-electron chi connectivity index (χ4n) is 79.2. The van der Waals surface area contributed by atoms with Crippen molar-refractivity contribution in [1.29, 1.82) is 0 Å². The minimum atomic E-state index is -1.56. The molecule has 0 aromatic carbocycles. The van der Waals surface area contributed by atoms with Gasteiger partial charge >= 0.3 is 0 Å². The van der Waals surface area contributed by atoms with E-state index in [1.165, 1.54) is 568 Å². The molecule has 0 spiro atoms. The van der Waals surface area contributed by atoms with Crippen molar-refractivity contribution in [2.24, 2.45) is 610 Å². The average molecular weight is 1590 g/mol. The topological polar surface area (TPSA) is 0 Å². The summed E-state index contributed by atoms with van der Waals surface area (Å²) in [5, 5.41) is 0. The van der Waals surface area contributed by atoms with Gasteiger partial charge in [-0.25, -0.2) is 0 Å². The Labute approximate surface area is 714 Å². The van der Waals surface area contributed by atoms with Gasteiger partial charge in [0.2, 0.25) is 0 Å². The van der Waals surface area contributed by atoms with Gasteiger partial charge < -0.3 is 0 Å². The first-order chi connectivity index (χ1) is 59.4. The Hall–Kier alpha value is -0.223. The van der Waals surface area contributed by atoms with Crippen LogP contribution in [0.4, 0.5) is 0 Å². The smallest absolute Gasteiger partial charge is 0.129 e. The Morgan fingerprint density at radius 1 is 0.142 bits per heavy atom. The zero-order valence-electron chi connectivity index (χ0n) is 71.6. The second-order valence-corrected chi connectivity index (χ2v) is 71.0. The van der Waals surface area contributed by atoms with Gasteiger partial charge in [-0.2, -0.15) is 0 Å². The lowest BCUT2D eigenvalue weighted by atomic mass is 9.06. The molecule has 0 aliphatic heterocycles. The molecule has 0 saturated heterocycles. The highest BCUT2D eigenvalue weighted by Crippen LogP contribution is 3.07. The van der Waals surface area contributed by atoms with E-state index in [9.17, 15) is 0 Å². The highest BCUT2D eigenvalue weighted by atomic mass is 28.3. The third-order valence-electron chi connectivity index (χ3n) is 71.8. The van der Waals surface area contributed by atoms with Gasteiger partial charge in [-0.15, -0.1) is 11.5 Å². The number of rotatable bonds is 0. The number of hydrogen-bond donors (Lipinski definition) is 0. The molecule has 0 N–H and O–H groups in total. The van der Waals surface area contributed by atoms with Gasteiger partial charge in [-0.05, 0) is 674 Å². The molecule has 1 heteroatoms. The molecule has 52 saturated carbocycles. The molecule has 52 aliphatic carbocycles. The van der Waals surface area contributed by atoms with Crippen LogP contribution < -0.4 is 0 Å². The second kappa shape index (κ2) is 15.3. The fraction of sp³-hybridized carbons (Fsp3) is 0.975. The van der Waals surface area contributed by atoms with Crippen molar-refractivity contribution in [2.75, 3.05) is 0 Å². The highest BCUT2D eigenvalue weighted by Gasteiger charge is 3.03. The first-order valence-electron chi connectivity index (χ1n) is 58.8. The quantitative estimate of drug-likeness (QED) is 0.168. The summed E-state index contributed by atoms with van der Waals surface area (Å²) in [6, 6.07) is 0. The normalized spacial score (nSPS) is 95.4. The molecule has 52 rings (SSSR count). The summed E-state index contributed by atoms with van der Waals surface area (Å²) in [6.45, 7) is 8.09. The Kier molecular flexibility index (Phi) is 7.40. The van der Waals surface area contributed by atoms with E-state index in [0.29, 0.717) is 5.92 Å². The summed E-state index contributed by atoms with van der Waals surface area (Å²) in [7, 11) is -1.56. The van der Waals surface area contributed by atoms with Crippen LogP contribution in [0.5, 0.6) is 0 Å². The third-order valence-corrected chi connectivity index (χ3v) is 72.7. The van der Waals surface area contributed by atoms with E-state index < -0.39 is 8.07 Å². The van der Waals surface area contributed by atoms with E-state index in [-0.39, 0.29) is 0 Å². The molecular weight excluding hydrogens is 1460 g/mol. The van der Waals surface area contributed by atoms with Crippen LogP contribution in [0.15, 0.2) is 0 Å².